The summed E-state index contributed by atoms with van der Waals surface area (Å²) in [4.78, 5) is 13.9. The van der Waals surface area contributed by atoms with Crippen LogP contribution in [0.5, 0.6) is 0 Å². The number of rotatable bonds is 2. The number of carbonyl (C=O) groups excluding carboxylic acids is 1. The molecule has 1 saturated carbocycles. The van der Waals surface area contributed by atoms with E-state index < -0.39 is 0 Å². The second kappa shape index (κ2) is 3.70. The average molecular weight is 225 g/mol. The van der Waals surface area contributed by atoms with Gasteiger partial charge in [-0.25, -0.2) is 0 Å². The van der Waals surface area contributed by atoms with Crippen molar-refractivity contribution in [1.82, 2.24) is 10.2 Å². The van der Waals surface area contributed by atoms with Gasteiger partial charge in [-0.3, -0.25) is 9.69 Å². The highest BCUT2D eigenvalue weighted by atomic mass is 16.2. The van der Waals surface area contributed by atoms with Crippen molar-refractivity contribution >= 4 is 5.91 Å². The van der Waals surface area contributed by atoms with E-state index in [0.717, 1.165) is 25.9 Å². The molecule has 1 heterocycles. The van der Waals surface area contributed by atoms with Crippen LogP contribution in [-0.4, -0.2) is 42.0 Å². The molecule has 92 valence electrons. The van der Waals surface area contributed by atoms with Crippen molar-refractivity contribution in [2.45, 2.75) is 45.2 Å². The van der Waals surface area contributed by atoms with Gasteiger partial charge < -0.3 is 11.1 Å². The molecule has 1 amide bonds. The number of likely N-dealkylation sites (tertiary alicyclic amines) is 1. The van der Waals surface area contributed by atoms with E-state index in [1.54, 1.807) is 0 Å². The van der Waals surface area contributed by atoms with E-state index in [1.165, 1.54) is 0 Å². The number of amides is 1. The van der Waals surface area contributed by atoms with Gasteiger partial charge in [0.2, 0.25) is 5.91 Å². The maximum Gasteiger partial charge on any atom is 0.234 e. The van der Waals surface area contributed by atoms with Crippen LogP contribution in [-0.2, 0) is 4.79 Å². The van der Waals surface area contributed by atoms with Gasteiger partial charge in [0.25, 0.3) is 0 Å². The molecule has 1 saturated heterocycles. The monoisotopic (exact) mass is 225 g/mol. The first kappa shape index (κ1) is 11.9. The maximum absolute atomic E-state index is 11.7. The molecule has 0 aromatic heterocycles. The molecule has 0 atom stereocenters. The lowest BCUT2D eigenvalue weighted by Crippen LogP contribution is -2.66. The molecule has 2 aliphatic rings. The van der Waals surface area contributed by atoms with Crippen molar-refractivity contribution in [2.24, 2.45) is 11.1 Å². The van der Waals surface area contributed by atoms with E-state index in [0.29, 0.717) is 18.0 Å². The molecule has 0 bridgehead atoms. The fraction of sp³-hybridized carbons (Fsp3) is 0.917. The maximum atomic E-state index is 11.7. The Hall–Kier alpha value is -0.610. The van der Waals surface area contributed by atoms with Crippen LogP contribution in [0.15, 0.2) is 0 Å². The topological polar surface area (TPSA) is 58.4 Å². The molecular weight excluding hydrogens is 202 g/mol. The van der Waals surface area contributed by atoms with Gasteiger partial charge in [0.05, 0.1) is 6.54 Å². The van der Waals surface area contributed by atoms with E-state index in [1.807, 2.05) is 20.8 Å². The molecule has 2 rings (SSSR count). The van der Waals surface area contributed by atoms with Gasteiger partial charge in [-0.2, -0.15) is 0 Å². The lowest BCUT2D eigenvalue weighted by Gasteiger charge is -2.58. The Morgan fingerprint density at radius 1 is 1.44 bits per heavy atom. The minimum atomic E-state index is -0.127. The van der Waals surface area contributed by atoms with Crippen molar-refractivity contribution in [2.75, 3.05) is 19.6 Å². The number of nitrogens with zero attached hydrogens (tertiary/aromatic N) is 1. The molecule has 4 heteroatoms. The third-order valence-electron chi connectivity index (χ3n) is 3.39. The fourth-order valence-corrected chi connectivity index (χ4v) is 2.99. The van der Waals surface area contributed by atoms with Crippen molar-refractivity contribution in [3.8, 4) is 0 Å². The van der Waals surface area contributed by atoms with Gasteiger partial charge in [0, 0.05) is 24.7 Å². The molecule has 1 aliphatic heterocycles. The standard InChI is InChI=1S/C12H23N3O/c1-11(2,3)14-10(16)6-15-7-12(8-15)4-9(13)5-12/h9H,4-8,13H2,1-3H3,(H,14,16). The number of hydrogen-bond donors (Lipinski definition) is 2. The summed E-state index contributed by atoms with van der Waals surface area (Å²) >= 11 is 0. The molecule has 1 aliphatic carbocycles. The highest BCUT2D eigenvalue weighted by molar-refractivity contribution is 5.78. The van der Waals surface area contributed by atoms with Gasteiger partial charge in [-0.1, -0.05) is 0 Å². The number of nitrogens with one attached hydrogen (secondary N) is 1. The van der Waals surface area contributed by atoms with Crippen molar-refractivity contribution in [3.63, 3.8) is 0 Å². The Balaban J connectivity index is 1.68. The summed E-state index contributed by atoms with van der Waals surface area (Å²) < 4.78 is 0. The Morgan fingerprint density at radius 3 is 2.44 bits per heavy atom. The van der Waals surface area contributed by atoms with Crippen LogP contribution >= 0.6 is 0 Å². The van der Waals surface area contributed by atoms with Crippen LogP contribution in [0.1, 0.15) is 33.6 Å². The van der Waals surface area contributed by atoms with E-state index in [4.69, 9.17) is 5.73 Å². The Bertz CT molecular complexity index is 281. The van der Waals surface area contributed by atoms with Gasteiger partial charge in [-0.15, -0.1) is 0 Å². The Kier molecular flexibility index (Phi) is 2.75. The second-order valence-electron chi connectivity index (χ2n) is 6.61. The highest BCUT2D eigenvalue weighted by Gasteiger charge is 2.51. The van der Waals surface area contributed by atoms with Crippen LogP contribution in [0.2, 0.25) is 0 Å². The summed E-state index contributed by atoms with van der Waals surface area (Å²) in [5, 5.41) is 2.99. The molecule has 0 unspecified atom stereocenters. The normalized spacial score (nSPS) is 25.0. The lowest BCUT2D eigenvalue weighted by atomic mass is 9.61. The van der Waals surface area contributed by atoms with E-state index in [2.05, 4.69) is 10.2 Å². The minimum Gasteiger partial charge on any atom is -0.350 e. The molecule has 3 N–H and O–H groups in total. The van der Waals surface area contributed by atoms with Crippen LogP contribution in [0, 0.1) is 5.41 Å². The number of carbonyl (C=O) groups is 1. The molecule has 16 heavy (non-hydrogen) atoms. The number of hydrogen-bond acceptors (Lipinski definition) is 3. The molecular formula is C12H23N3O. The summed E-state index contributed by atoms with van der Waals surface area (Å²) in [6.07, 6.45) is 2.29. The number of nitrogens with two attached hydrogens (primary N) is 1. The van der Waals surface area contributed by atoms with E-state index >= 15 is 0 Å². The smallest absolute Gasteiger partial charge is 0.234 e. The summed E-state index contributed by atoms with van der Waals surface area (Å²) in [5.74, 6) is 0.131. The summed E-state index contributed by atoms with van der Waals surface area (Å²) in [6.45, 7) is 8.67. The van der Waals surface area contributed by atoms with Crippen molar-refractivity contribution in [3.05, 3.63) is 0 Å². The molecule has 2 fully saturated rings. The van der Waals surface area contributed by atoms with Gasteiger partial charge in [0.1, 0.15) is 0 Å². The zero-order chi connectivity index (χ0) is 12.0. The largest absolute Gasteiger partial charge is 0.350 e. The van der Waals surface area contributed by atoms with Gasteiger partial charge in [0.15, 0.2) is 0 Å². The van der Waals surface area contributed by atoms with Crippen LogP contribution < -0.4 is 11.1 Å². The summed E-state index contributed by atoms with van der Waals surface area (Å²) in [6, 6.07) is 0.408. The third-order valence-corrected chi connectivity index (χ3v) is 3.39. The van der Waals surface area contributed by atoms with Crippen LogP contribution in [0.4, 0.5) is 0 Å². The minimum absolute atomic E-state index is 0.127. The summed E-state index contributed by atoms with van der Waals surface area (Å²) in [7, 11) is 0. The lowest BCUT2D eigenvalue weighted by molar-refractivity contribution is -0.130. The highest BCUT2D eigenvalue weighted by Crippen LogP contribution is 2.47. The molecule has 1 spiro atoms. The van der Waals surface area contributed by atoms with Gasteiger partial charge in [-0.05, 0) is 39.0 Å². The van der Waals surface area contributed by atoms with Crippen LogP contribution in [0.25, 0.3) is 0 Å². The van der Waals surface area contributed by atoms with Gasteiger partial charge >= 0.3 is 0 Å². The van der Waals surface area contributed by atoms with E-state index in [-0.39, 0.29) is 11.4 Å². The SMILES string of the molecule is CC(C)(C)NC(=O)CN1CC2(CC(N)C2)C1. The second-order valence-corrected chi connectivity index (χ2v) is 6.61. The quantitative estimate of drug-likeness (QED) is 0.712. The van der Waals surface area contributed by atoms with E-state index in [9.17, 15) is 4.79 Å². The fourth-order valence-electron chi connectivity index (χ4n) is 2.99. The average Bonchev–Trinajstić information content (AvgIpc) is 1.93. The first-order chi connectivity index (χ1) is 7.28. The molecule has 0 aromatic carbocycles. The predicted molar refractivity (Wildman–Crippen MR) is 64.0 cm³/mol. The third kappa shape index (κ3) is 2.55. The Labute approximate surface area is 97.6 Å². The molecule has 0 radical (unpaired) electrons. The predicted octanol–water partition coefficient (Wildman–Crippen LogP) is 0.324. The first-order valence-electron chi connectivity index (χ1n) is 6.07. The van der Waals surface area contributed by atoms with Crippen molar-refractivity contribution in [1.29, 1.82) is 0 Å². The Morgan fingerprint density at radius 2 is 2.00 bits per heavy atom. The zero-order valence-corrected chi connectivity index (χ0v) is 10.5. The first-order valence-corrected chi connectivity index (χ1v) is 6.07. The summed E-state index contributed by atoms with van der Waals surface area (Å²) in [5.41, 5.74) is 6.14. The van der Waals surface area contributed by atoms with Crippen molar-refractivity contribution < 1.29 is 4.79 Å². The van der Waals surface area contributed by atoms with Crippen LogP contribution in [0.3, 0.4) is 0 Å². The molecule has 0 aromatic rings. The molecule has 4 nitrogen and oxygen atoms in total. The zero-order valence-electron chi connectivity index (χ0n) is 10.5.